The Morgan fingerprint density at radius 3 is 2.61 bits per heavy atom. The van der Waals surface area contributed by atoms with E-state index < -0.39 is 17.5 Å². The van der Waals surface area contributed by atoms with Crippen molar-refractivity contribution in [1.29, 1.82) is 0 Å². The zero-order valence-corrected chi connectivity index (χ0v) is 11.5. The van der Waals surface area contributed by atoms with Crippen molar-refractivity contribution >= 4 is 21.9 Å². The van der Waals surface area contributed by atoms with E-state index in [-0.39, 0.29) is 12.2 Å². The van der Waals surface area contributed by atoms with Crippen LogP contribution < -0.4 is 0 Å². The molecule has 0 fully saturated rings. The molecule has 100 valence electrons. The fourth-order valence-electron chi connectivity index (χ4n) is 1.39. The Bertz CT molecular complexity index is 447. The summed E-state index contributed by atoms with van der Waals surface area (Å²) in [5.74, 6) is -5.76. The Hall–Kier alpha value is -1.01. The molecule has 1 unspecified atom stereocenters. The molecule has 18 heavy (non-hydrogen) atoms. The molecule has 0 amide bonds. The van der Waals surface area contributed by atoms with Crippen LogP contribution in [0.2, 0.25) is 0 Å². The monoisotopic (exact) mass is 322 g/mol. The Morgan fingerprint density at radius 1 is 1.50 bits per heavy atom. The molecule has 0 heterocycles. The summed E-state index contributed by atoms with van der Waals surface area (Å²) in [6, 6.07) is 5.77. The Kier molecular flexibility index (Phi) is 4.45. The summed E-state index contributed by atoms with van der Waals surface area (Å²) in [6.45, 7) is 2.12. The van der Waals surface area contributed by atoms with Crippen LogP contribution >= 0.6 is 15.9 Å². The van der Waals surface area contributed by atoms with Crippen molar-refractivity contribution < 1.29 is 23.4 Å². The zero-order valence-electron chi connectivity index (χ0n) is 9.91. The zero-order chi connectivity index (χ0) is 14.0. The first-order valence-corrected chi connectivity index (χ1v) is 6.06. The minimum absolute atomic E-state index is 0.0741. The fraction of sp³-hybridized carbons (Fsp3) is 0.417. The van der Waals surface area contributed by atoms with E-state index in [1.54, 1.807) is 6.07 Å². The van der Waals surface area contributed by atoms with Crippen LogP contribution in [0.25, 0.3) is 0 Å². The van der Waals surface area contributed by atoms with E-state index in [1.165, 1.54) is 25.1 Å². The van der Waals surface area contributed by atoms with E-state index in [0.29, 0.717) is 4.47 Å². The summed E-state index contributed by atoms with van der Waals surface area (Å²) < 4.78 is 32.5. The minimum Gasteiger partial charge on any atom is -0.461 e. The smallest absolute Gasteiger partial charge is 0.380 e. The minimum atomic E-state index is -4.02. The SMILES string of the molecule is CCOC(=O)C(F)(F)C(C)(O)c1cccc(Br)c1. The lowest BCUT2D eigenvalue weighted by atomic mass is 9.89. The van der Waals surface area contributed by atoms with Crippen LogP contribution in [0.1, 0.15) is 19.4 Å². The highest BCUT2D eigenvalue weighted by Crippen LogP contribution is 2.39. The number of ether oxygens (including phenoxy) is 1. The van der Waals surface area contributed by atoms with Crippen molar-refractivity contribution in [3.8, 4) is 0 Å². The quantitative estimate of drug-likeness (QED) is 0.867. The largest absolute Gasteiger partial charge is 0.461 e. The highest BCUT2D eigenvalue weighted by molar-refractivity contribution is 9.10. The maximum Gasteiger partial charge on any atom is 0.380 e. The second-order valence-corrected chi connectivity index (χ2v) is 4.79. The molecule has 6 heteroatoms. The summed E-state index contributed by atoms with van der Waals surface area (Å²) in [5.41, 5.74) is -2.71. The molecular weight excluding hydrogens is 310 g/mol. The van der Waals surface area contributed by atoms with Gasteiger partial charge in [0.1, 0.15) is 0 Å². The number of carbonyl (C=O) groups excluding carboxylic acids is 1. The molecule has 0 aliphatic carbocycles. The molecular formula is C12H13BrF2O3. The predicted molar refractivity (Wildman–Crippen MR) is 65.3 cm³/mol. The van der Waals surface area contributed by atoms with Crippen molar-refractivity contribution in [1.82, 2.24) is 0 Å². The fourth-order valence-corrected chi connectivity index (χ4v) is 1.79. The van der Waals surface area contributed by atoms with Crippen LogP contribution in [0, 0.1) is 0 Å². The van der Waals surface area contributed by atoms with Gasteiger partial charge in [-0.05, 0) is 31.5 Å². The van der Waals surface area contributed by atoms with E-state index in [9.17, 15) is 18.7 Å². The number of alkyl halides is 2. The van der Waals surface area contributed by atoms with Crippen LogP contribution in [0.4, 0.5) is 8.78 Å². The van der Waals surface area contributed by atoms with Crippen molar-refractivity contribution in [2.75, 3.05) is 6.61 Å². The molecule has 0 saturated heterocycles. The van der Waals surface area contributed by atoms with E-state index >= 15 is 0 Å². The molecule has 0 spiro atoms. The van der Waals surface area contributed by atoms with Crippen LogP contribution in [0.15, 0.2) is 28.7 Å². The standard InChI is InChI=1S/C12H13BrF2O3/c1-3-18-10(16)12(14,15)11(2,17)8-5-4-6-9(13)7-8/h4-7,17H,3H2,1-2H3. The normalized spacial score (nSPS) is 15.0. The third-order valence-electron chi connectivity index (χ3n) is 2.53. The maximum atomic E-state index is 13.9. The second kappa shape index (κ2) is 5.32. The van der Waals surface area contributed by atoms with E-state index in [0.717, 1.165) is 6.92 Å². The summed E-state index contributed by atoms with van der Waals surface area (Å²) in [4.78, 5) is 11.2. The van der Waals surface area contributed by atoms with Gasteiger partial charge in [0.05, 0.1) is 6.61 Å². The molecule has 0 aliphatic rings. The lowest BCUT2D eigenvalue weighted by molar-refractivity contribution is -0.212. The highest BCUT2D eigenvalue weighted by Gasteiger charge is 2.57. The third-order valence-corrected chi connectivity index (χ3v) is 3.02. The second-order valence-electron chi connectivity index (χ2n) is 3.88. The molecule has 1 N–H and O–H groups in total. The molecule has 0 saturated carbocycles. The highest BCUT2D eigenvalue weighted by atomic mass is 79.9. The van der Waals surface area contributed by atoms with Crippen molar-refractivity contribution in [2.24, 2.45) is 0 Å². The van der Waals surface area contributed by atoms with Crippen LogP contribution in [0.5, 0.6) is 0 Å². The number of aliphatic hydroxyl groups is 1. The summed E-state index contributed by atoms with van der Waals surface area (Å²) in [5, 5.41) is 9.96. The number of esters is 1. The van der Waals surface area contributed by atoms with Crippen LogP contribution in [0.3, 0.4) is 0 Å². The average molecular weight is 323 g/mol. The Balaban J connectivity index is 3.16. The average Bonchev–Trinajstić information content (AvgIpc) is 2.29. The van der Waals surface area contributed by atoms with Gasteiger partial charge in [0.15, 0.2) is 5.60 Å². The number of rotatable bonds is 4. The van der Waals surface area contributed by atoms with E-state index in [2.05, 4.69) is 20.7 Å². The predicted octanol–water partition coefficient (Wildman–Crippen LogP) is 2.86. The van der Waals surface area contributed by atoms with Crippen LogP contribution in [-0.4, -0.2) is 23.6 Å². The van der Waals surface area contributed by atoms with E-state index in [1.807, 2.05) is 0 Å². The van der Waals surface area contributed by atoms with Crippen molar-refractivity contribution in [2.45, 2.75) is 25.4 Å². The van der Waals surface area contributed by atoms with Gasteiger partial charge in [0, 0.05) is 4.47 Å². The first-order chi connectivity index (χ1) is 8.23. The molecule has 3 nitrogen and oxygen atoms in total. The van der Waals surface area contributed by atoms with Gasteiger partial charge < -0.3 is 9.84 Å². The molecule has 0 aliphatic heterocycles. The van der Waals surface area contributed by atoms with Crippen LogP contribution in [-0.2, 0) is 15.1 Å². The number of hydrogen-bond acceptors (Lipinski definition) is 3. The molecule has 0 radical (unpaired) electrons. The molecule has 1 aromatic rings. The Labute approximate surface area is 112 Å². The van der Waals surface area contributed by atoms with Gasteiger partial charge >= 0.3 is 11.9 Å². The summed E-state index contributed by atoms with van der Waals surface area (Å²) in [6.07, 6.45) is 0. The molecule has 0 bridgehead atoms. The lowest BCUT2D eigenvalue weighted by Gasteiger charge is -2.31. The van der Waals surface area contributed by atoms with Gasteiger partial charge in [-0.15, -0.1) is 0 Å². The number of carbonyl (C=O) groups is 1. The molecule has 0 aromatic heterocycles. The number of halogens is 3. The maximum absolute atomic E-state index is 13.9. The molecule has 1 rings (SSSR count). The van der Waals surface area contributed by atoms with Crippen molar-refractivity contribution in [3.05, 3.63) is 34.3 Å². The first-order valence-electron chi connectivity index (χ1n) is 5.27. The van der Waals surface area contributed by atoms with Gasteiger partial charge in [0.2, 0.25) is 0 Å². The van der Waals surface area contributed by atoms with Gasteiger partial charge in [-0.25, -0.2) is 4.79 Å². The van der Waals surface area contributed by atoms with Crippen molar-refractivity contribution in [3.63, 3.8) is 0 Å². The first kappa shape index (κ1) is 15.0. The Morgan fingerprint density at radius 2 is 2.11 bits per heavy atom. The number of benzene rings is 1. The van der Waals surface area contributed by atoms with Gasteiger partial charge in [-0.1, -0.05) is 28.1 Å². The van der Waals surface area contributed by atoms with Gasteiger partial charge in [-0.2, -0.15) is 8.78 Å². The van der Waals surface area contributed by atoms with E-state index in [4.69, 9.17) is 0 Å². The molecule has 1 atom stereocenters. The van der Waals surface area contributed by atoms with Gasteiger partial charge in [0.25, 0.3) is 0 Å². The number of hydrogen-bond donors (Lipinski definition) is 1. The summed E-state index contributed by atoms with van der Waals surface area (Å²) in [7, 11) is 0. The lowest BCUT2D eigenvalue weighted by Crippen LogP contribution is -2.49. The molecule has 1 aromatic carbocycles. The summed E-state index contributed by atoms with van der Waals surface area (Å²) >= 11 is 3.12. The van der Waals surface area contributed by atoms with Gasteiger partial charge in [-0.3, -0.25) is 0 Å². The third kappa shape index (κ3) is 2.70. The topological polar surface area (TPSA) is 46.5 Å².